The zero-order valence-electron chi connectivity index (χ0n) is 13.6. The van der Waals surface area contributed by atoms with Crippen LogP contribution in [0.5, 0.6) is 0 Å². The van der Waals surface area contributed by atoms with Crippen molar-refractivity contribution in [3.05, 3.63) is 12.1 Å². The van der Waals surface area contributed by atoms with Gasteiger partial charge in [-0.1, -0.05) is 19.1 Å². The van der Waals surface area contributed by atoms with E-state index in [-0.39, 0.29) is 37.9 Å². The maximum atomic E-state index is 13.8. The first kappa shape index (κ1) is 17.8. The molecule has 8 heteroatoms. The lowest BCUT2D eigenvalue weighted by molar-refractivity contribution is -0.119. The molecule has 0 aromatic carbocycles. The molecule has 0 saturated carbocycles. The Labute approximate surface area is 135 Å². The van der Waals surface area contributed by atoms with Gasteiger partial charge in [0.2, 0.25) is 5.91 Å². The van der Waals surface area contributed by atoms with Gasteiger partial charge in [-0.05, 0) is 25.2 Å². The third-order valence-corrected chi connectivity index (χ3v) is 3.67. The van der Waals surface area contributed by atoms with Gasteiger partial charge >= 0.3 is 0 Å². The molecule has 2 rings (SSSR count). The predicted octanol–water partition coefficient (Wildman–Crippen LogP) is 1.99. The number of likely N-dealkylation sites (tertiary alicyclic amines) is 1. The summed E-state index contributed by atoms with van der Waals surface area (Å²) in [6.45, 7) is 4.91. The molecule has 1 aromatic heterocycles. The Bertz CT molecular complexity index is 502. The summed E-state index contributed by atoms with van der Waals surface area (Å²) < 4.78 is 27.9. The van der Waals surface area contributed by atoms with E-state index in [2.05, 4.69) is 15.6 Å². The molecule has 1 saturated heterocycles. The fraction of sp³-hybridized carbons (Fsp3) is 0.733. The van der Waals surface area contributed by atoms with Crippen LogP contribution in [0.1, 0.15) is 33.1 Å². The Morgan fingerprint density at radius 3 is 2.87 bits per heavy atom. The summed E-state index contributed by atoms with van der Waals surface area (Å²) in [5.41, 5.74) is 0. The van der Waals surface area contributed by atoms with Gasteiger partial charge in [0.05, 0.1) is 19.3 Å². The molecule has 1 aromatic rings. The fourth-order valence-corrected chi connectivity index (χ4v) is 2.44. The van der Waals surface area contributed by atoms with Crippen LogP contribution in [0, 0.1) is 5.92 Å². The lowest BCUT2D eigenvalue weighted by Gasteiger charge is -2.33. The van der Waals surface area contributed by atoms with Crippen molar-refractivity contribution in [2.75, 3.05) is 25.0 Å². The largest absolute Gasteiger partial charge is 0.307 e. The fourth-order valence-electron chi connectivity index (χ4n) is 2.44. The molecule has 0 spiro atoms. The first-order valence-electron chi connectivity index (χ1n) is 7.92. The van der Waals surface area contributed by atoms with E-state index in [9.17, 15) is 13.6 Å². The van der Waals surface area contributed by atoms with Crippen LogP contribution in [0.3, 0.4) is 0 Å². The van der Waals surface area contributed by atoms with Gasteiger partial charge in [0.25, 0.3) is 0 Å². The normalized spacial score (nSPS) is 17.3. The Balaban J connectivity index is 1.69. The number of carbonyl (C=O) groups is 1. The van der Waals surface area contributed by atoms with Crippen molar-refractivity contribution in [2.45, 2.75) is 52.0 Å². The van der Waals surface area contributed by atoms with Crippen LogP contribution in [-0.2, 0) is 11.3 Å². The highest BCUT2D eigenvalue weighted by atomic mass is 19.1. The van der Waals surface area contributed by atoms with Crippen molar-refractivity contribution >= 4 is 11.7 Å². The van der Waals surface area contributed by atoms with Gasteiger partial charge in [-0.15, -0.1) is 5.10 Å². The second kappa shape index (κ2) is 8.33. The molecule has 129 valence electrons. The Morgan fingerprint density at radius 1 is 1.48 bits per heavy atom. The summed E-state index contributed by atoms with van der Waals surface area (Å²) in [6, 6.07) is 0. The van der Waals surface area contributed by atoms with E-state index in [1.165, 1.54) is 16.8 Å². The second-order valence-corrected chi connectivity index (χ2v) is 6.36. The maximum absolute atomic E-state index is 13.8. The summed E-state index contributed by atoms with van der Waals surface area (Å²) in [5, 5.41) is 10.2. The average molecular weight is 328 g/mol. The standard InChI is InChI=1S/C15H24F2N5O/c1-11(2)4-3-5-12(16)8-22-9-14(19-20-22)18-15(23)10-21-6-13(17)7-21/h9,12-13H,3-8,10H2,1-2H3,(H,18,23). The topological polar surface area (TPSA) is 63.1 Å². The number of alkyl halides is 2. The summed E-state index contributed by atoms with van der Waals surface area (Å²) in [7, 11) is 0. The zero-order chi connectivity index (χ0) is 16.8. The third-order valence-electron chi connectivity index (χ3n) is 3.67. The minimum Gasteiger partial charge on any atom is -0.307 e. The Morgan fingerprint density at radius 2 is 2.22 bits per heavy atom. The molecule has 23 heavy (non-hydrogen) atoms. The summed E-state index contributed by atoms with van der Waals surface area (Å²) >= 11 is 0. The van der Waals surface area contributed by atoms with Crippen molar-refractivity contribution in [3.8, 4) is 0 Å². The number of hydrogen-bond donors (Lipinski definition) is 1. The van der Waals surface area contributed by atoms with Crippen LogP contribution < -0.4 is 5.32 Å². The molecule has 0 aliphatic carbocycles. The number of hydrogen-bond acceptors (Lipinski definition) is 4. The lowest BCUT2D eigenvalue weighted by atomic mass is 10.0. The van der Waals surface area contributed by atoms with Gasteiger partial charge in [-0.25, -0.2) is 13.5 Å². The van der Waals surface area contributed by atoms with Crippen LogP contribution >= 0.6 is 0 Å². The summed E-state index contributed by atoms with van der Waals surface area (Å²) in [6.07, 6.45) is 1.91. The lowest BCUT2D eigenvalue weighted by Crippen LogP contribution is -2.51. The van der Waals surface area contributed by atoms with E-state index in [0.717, 1.165) is 12.8 Å². The molecular weight excluding hydrogens is 304 g/mol. The monoisotopic (exact) mass is 328 g/mol. The van der Waals surface area contributed by atoms with E-state index in [1.54, 1.807) is 4.90 Å². The molecule has 1 atom stereocenters. The molecule has 2 heterocycles. The van der Waals surface area contributed by atoms with E-state index in [4.69, 9.17) is 0 Å². The molecule has 1 fully saturated rings. The van der Waals surface area contributed by atoms with Crippen LogP contribution in [0.2, 0.25) is 0 Å². The van der Waals surface area contributed by atoms with E-state index in [1.807, 2.05) is 13.8 Å². The molecule has 1 N–H and O–H groups in total. The third kappa shape index (κ3) is 6.21. The number of amides is 1. The predicted molar refractivity (Wildman–Crippen MR) is 83.3 cm³/mol. The molecular formula is C15H24F2N5O. The minimum absolute atomic E-state index is 0.126. The Hall–Kier alpha value is -1.57. The average Bonchev–Trinajstić information content (AvgIpc) is 2.83. The molecule has 1 aliphatic heterocycles. The molecule has 1 unspecified atom stereocenters. The van der Waals surface area contributed by atoms with Crippen LogP contribution in [0.15, 0.2) is 6.20 Å². The number of anilines is 1. The summed E-state index contributed by atoms with van der Waals surface area (Å²) in [4.78, 5) is 13.4. The smallest absolute Gasteiger partial charge is 0.239 e. The first-order chi connectivity index (χ1) is 10.9. The first-order valence-corrected chi connectivity index (χ1v) is 7.92. The van der Waals surface area contributed by atoms with Crippen molar-refractivity contribution in [1.82, 2.24) is 19.9 Å². The molecule has 1 amide bonds. The van der Waals surface area contributed by atoms with Crippen molar-refractivity contribution in [2.24, 2.45) is 0 Å². The van der Waals surface area contributed by atoms with Crippen LogP contribution in [-0.4, -0.2) is 57.8 Å². The van der Waals surface area contributed by atoms with E-state index >= 15 is 0 Å². The van der Waals surface area contributed by atoms with Crippen molar-refractivity contribution < 1.29 is 13.6 Å². The van der Waals surface area contributed by atoms with E-state index in [0.29, 0.717) is 6.42 Å². The van der Waals surface area contributed by atoms with Gasteiger partial charge in [0.15, 0.2) is 5.82 Å². The van der Waals surface area contributed by atoms with Crippen LogP contribution in [0.4, 0.5) is 14.6 Å². The number of aromatic nitrogens is 3. The Kier molecular flexibility index (Phi) is 6.44. The highest BCUT2D eigenvalue weighted by Crippen LogP contribution is 2.14. The summed E-state index contributed by atoms with van der Waals surface area (Å²) in [5.74, 6) is 1.32. The van der Waals surface area contributed by atoms with Crippen molar-refractivity contribution in [3.63, 3.8) is 0 Å². The molecule has 1 radical (unpaired) electrons. The minimum atomic E-state index is -0.984. The molecule has 6 nitrogen and oxygen atoms in total. The maximum Gasteiger partial charge on any atom is 0.239 e. The quantitative estimate of drug-likeness (QED) is 0.753. The van der Waals surface area contributed by atoms with Gasteiger partial charge in [0.1, 0.15) is 12.3 Å². The molecule has 0 bridgehead atoms. The number of nitrogens with one attached hydrogen (secondary N) is 1. The highest BCUT2D eigenvalue weighted by Gasteiger charge is 2.27. The van der Waals surface area contributed by atoms with Gasteiger partial charge in [-0.3, -0.25) is 9.69 Å². The van der Waals surface area contributed by atoms with Gasteiger partial charge in [-0.2, -0.15) is 0 Å². The molecule has 1 aliphatic rings. The van der Waals surface area contributed by atoms with Crippen molar-refractivity contribution in [1.29, 1.82) is 0 Å². The SMILES string of the molecule is C[C](C)CCCC(F)Cn1cc(NC(=O)CN2CC(F)C2)nn1. The van der Waals surface area contributed by atoms with Gasteiger partial charge in [0, 0.05) is 13.1 Å². The van der Waals surface area contributed by atoms with E-state index < -0.39 is 12.3 Å². The van der Waals surface area contributed by atoms with Gasteiger partial charge < -0.3 is 5.32 Å². The highest BCUT2D eigenvalue weighted by molar-refractivity contribution is 5.91. The number of nitrogens with zero attached hydrogens (tertiary/aromatic N) is 4. The number of rotatable bonds is 9. The number of halogens is 2. The number of carbonyl (C=O) groups excluding carboxylic acids is 1. The van der Waals surface area contributed by atoms with Crippen LogP contribution in [0.25, 0.3) is 0 Å². The zero-order valence-corrected chi connectivity index (χ0v) is 13.6. The second-order valence-electron chi connectivity index (χ2n) is 6.36.